The van der Waals surface area contributed by atoms with Crippen LogP contribution in [0.15, 0.2) is 40.3 Å². The number of carbonyl (C=O) groups is 1. The van der Waals surface area contributed by atoms with Crippen molar-refractivity contribution in [3.8, 4) is 5.75 Å². The zero-order valence-corrected chi connectivity index (χ0v) is 17.9. The molecule has 1 heterocycles. The molecule has 1 unspecified atom stereocenters. The summed E-state index contributed by atoms with van der Waals surface area (Å²) >= 11 is 2.87. The fraction of sp³-hybridized carbons (Fsp3) is 0.450. The minimum Gasteiger partial charge on any atom is -0.497 e. The molecule has 0 fully saturated rings. The maximum Gasteiger partial charge on any atom is 0.233 e. The summed E-state index contributed by atoms with van der Waals surface area (Å²) in [6.45, 7) is 2.60. The van der Waals surface area contributed by atoms with E-state index in [0.29, 0.717) is 11.7 Å². The molecule has 8 heteroatoms. The first-order chi connectivity index (χ1) is 13.6. The van der Waals surface area contributed by atoms with Crippen LogP contribution in [0.3, 0.4) is 0 Å². The lowest BCUT2D eigenvalue weighted by atomic mass is 9.97. The normalized spacial score (nSPS) is 14.9. The molecule has 0 bridgehead atoms. The second-order valence-corrected chi connectivity index (χ2v) is 9.20. The first kappa shape index (κ1) is 20.7. The summed E-state index contributed by atoms with van der Waals surface area (Å²) in [5, 5.41) is 15.1. The van der Waals surface area contributed by atoms with Gasteiger partial charge >= 0.3 is 0 Å². The molecule has 28 heavy (non-hydrogen) atoms. The Balaban J connectivity index is 1.43. The average Bonchev–Trinajstić information content (AvgIpc) is 3.16. The van der Waals surface area contributed by atoms with E-state index in [-0.39, 0.29) is 11.2 Å². The van der Waals surface area contributed by atoms with Crippen LogP contribution in [0.25, 0.3) is 0 Å². The number of hydrogen-bond acceptors (Lipinski definition) is 7. The number of amides is 1. The molecule has 0 aliphatic heterocycles. The number of anilines is 2. The van der Waals surface area contributed by atoms with Crippen LogP contribution >= 0.6 is 23.1 Å². The zero-order valence-electron chi connectivity index (χ0n) is 16.2. The molecule has 0 spiro atoms. The van der Waals surface area contributed by atoms with Crippen molar-refractivity contribution >= 4 is 39.8 Å². The van der Waals surface area contributed by atoms with E-state index in [9.17, 15) is 4.79 Å². The molecule has 1 aliphatic rings. The van der Waals surface area contributed by atoms with Crippen LogP contribution < -0.4 is 15.4 Å². The second kappa shape index (κ2) is 10.5. The molecule has 6 nitrogen and oxygen atoms in total. The molecule has 1 aromatic heterocycles. The van der Waals surface area contributed by atoms with Gasteiger partial charge in [-0.1, -0.05) is 34.7 Å². The third kappa shape index (κ3) is 6.24. The number of allylic oxidation sites excluding steroid dienone is 1. The highest BCUT2D eigenvalue weighted by molar-refractivity contribution is 8.02. The average molecular weight is 419 g/mol. The van der Waals surface area contributed by atoms with Gasteiger partial charge in [0, 0.05) is 12.2 Å². The van der Waals surface area contributed by atoms with Crippen molar-refractivity contribution in [1.29, 1.82) is 0 Å². The number of carbonyl (C=O) groups excluding carboxylic acids is 1. The van der Waals surface area contributed by atoms with Gasteiger partial charge < -0.3 is 15.4 Å². The smallest absolute Gasteiger partial charge is 0.233 e. The highest BCUT2D eigenvalue weighted by Crippen LogP contribution is 2.30. The second-order valence-electron chi connectivity index (χ2n) is 6.64. The van der Waals surface area contributed by atoms with Crippen molar-refractivity contribution in [3.05, 3.63) is 35.9 Å². The van der Waals surface area contributed by atoms with E-state index < -0.39 is 0 Å². The van der Waals surface area contributed by atoms with Crippen LogP contribution in [0.1, 0.15) is 39.0 Å². The summed E-state index contributed by atoms with van der Waals surface area (Å²) in [5.74, 6) is 0.847. The van der Waals surface area contributed by atoms with Crippen LogP contribution in [0.4, 0.5) is 10.8 Å². The number of benzene rings is 1. The van der Waals surface area contributed by atoms with Gasteiger partial charge in [0.15, 0.2) is 4.34 Å². The quantitative estimate of drug-likeness (QED) is 0.451. The van der Waals surface area contributed by atoms with Gasteiger partial charge in [0.2, 0.25) is 11.0 Å². The zero-order chi connectivity index (χ0) is 19.8. The molecular formula is C20H26N4O2S2. The molecule has 1 atom stereocenters. The Morgan fingerprint density at radius 1 is 1.29 bits per heavy atom. The van der Waals surface area contributed by atoms with Crippen LogP contribution in [-0.4, -0.2) is 35.0 Å². The standard InChI is InChI=1S/C20H26N4O2S2/c1-14(18(25)21-13-12-15-6-4-3-5-7-15)27-20-24-23-19(28-20)22-16-8-10-17(26-2)11-9-16/h6,8-11,14H,3-5,7,12-13H2,1-2H3,(H,21,25)(H,22,23). The van der Waals surface area contributed by atoms with Gasteiger partial charge in [-0.2, -0.15) is 0 Å². The molecule has 0 saturated heterocycles. The van der Waals surface area contributed by atoms with Crippen molar-refractivity contribution in [1.82, 2.24) is 15.5 Å². The SMILES string of the molecule is COc1ccc(Nc2nnc(SC(C)C(=O)NCCC3=CCCCC3)s2)cc1. The topological polar surface area (TPSA) is 76.1 Å². The van der Waals surface area contributed by atoms with E-state index >= 15 is 0 Å². The largest absolute Gasteiger partial charge is 0.497 e. The monoisotopic (exact) mass is 418 g/mol. The predicted molar refractivity (Wildman–Crippen MR) is 116 cm³/mol. The lowest BCUT2D eigenvalue weighted by Crippen LogP contribution is -2.31. The summed E-state index contributed by atoms with van der Waals surface area (Å²) in [4.78, 5) is 12.3. The molecular weight excluding hydrogens is 392 g/mol. The van der Waals surface area contributed by atoms with E-state index in [4.69, 9.17) is 4.74 Å². The molecule has 1 amide bonds. The van der Waals surface area contributed by atoms with Gasteiger partial charge in [0.25, 0.3) is 0 Å². The van der Waals surface area contributed by atoms with Crippen molar-refractivity contribution in [3.63, 3.8) is 0 Å². The highest BCUT2D eigenvalue weighted by Gasteiger charge is 2.17. The predicted octanol–water partition coefficient (Wildman–Crippen LogP) is 4.78. The van der Waals surface area contributed by atoms with E-state index in [1.165, 1.54) is 54.4 Å². The molecule has 1 aromatic carbocycles. The van der Waals surface area contributed by atoms with Gasteiger partial charge in [-0.25, -0.2) is 0 Å². The lowest BCUT2D eigenvalue weighted by Gasteiger charge is -2.14. The Morgan fingerprint density at radius 3 is 2.82 bits per heavy atom. The Bertz CT molecular complexity index is 805. The number of nitrogens with one attached hydrogen (secondary N) is 2. The van der Waals surface area contributed by atoms with Crippen molar-refractivity contribution in [2.75, 3.05) is 19.0 Å². The Kier molecular flexibility index (Phi) is 7.73. The van der Waals surface area contributed by atoms with Crippen LogP contribution in [-0.2, 0) is 4.79 Å². The third-order valence-corrected chi connectivity index (χ3v) is 6.55. The lowest BCUT2D eigenvalue weighted by molar-refractivity contribution is -0.120. The molecule has 1 aliphatic carbocycles. The summed E-state index contributed by atoms with van der Waals surface area (Å²) < 4.78 is 5.93. The minimum atomic E-state index is -0.206. The number of ether oxygens (including phenoxy) is 1. The highest BCUT2D eigenvalue weighted by atomic mass is 32.2. The number of nitrogens with zero attached hydrogens (tertiary/aromatic N) is 2. The van der Waals surface area contributed by atoms with Crippen molar-refractivity contribution < 1.29 is 9.53 Å². The molecule has 150 valence electrons. The first-order valence-electron chi connectivity index (χ1n) is 9.51. The maximum atomic E-state index is 12.3. The van der Waals surface area contributed by atoms with E-state index in [2.05, 4.69) is 26.9 Å². The molecule has 2 aromatic rings. The summed E-state index contributed by atoms with van der Waals surface area (Å²) in [6, 6.07) is 7.61. The van der Waals surface area contributed by atoms with E-state index in [1.54, 1.807) is 7.11 Å². The number of aromatic nitrogens is 2. The van der Waals surface area contributed by atoms with Crippen LogP contribution in [0.5, 0.6) is 5.75 Å². The van der Waals surface area contributed by atoms with Crippen LogP contribution in [0.2, 0.25) is 0 Å². The summed E-state index contributed by atoms with van der Waals surface area (Å²) in [5.41, 5.74) is 2.39. The summed E-state index contributed by atoms with van der Waals surface area (Å²) in [7, 11) is 1.64. The third-order valence-electron chi connectivity index (χ3n) is 4.52. The van der Waals surface area contributed by atoms with E-state index in [1.807, 2.05) is 31.2 Å². The van der Waals surface area contributed by atoms with Gasteiger partial charge in [-0.3, -0.25) is 4.79 Å². The van der Waals surface area contributed by atoms with Crippen molar-refractivity contribution in [2.45, 2.75) is 48.6 Å². The summed E-state index contributed by atoms with van der Waals surface area (Å²) in [6.07, 6.45) is 8.20. The Hall–Kier alpha value is -2.06. The Morgan fingerprint density at radius 2 is 2.11 bits per heavy atom. The maximum absolute atomic E-state index is 12.3. The van der Waals surface area contributed by atoms with Gasteiger partial charge in [0.1, 0.15) is 5.75 Å². The molecule has 0 saturated carbocycles. The number of rotatable bonds is 9. The molecule has 0 radical (unpaired) electrons. The Labute approximate surface area is 174 Å². The van der Waals surface area contributed by atoms with Gasteiger partial charge in [-0.15, -0.1) is 10.2 Å². The minimum absolute atomic E-state index is 0.0428. The number of methoxy groups -OCH3 is 1. The fourth-order valence-electron chi connectivity index (χ4n) is 2.93. The van der Waals surface area contributed by atoms with Gasteiger partial charge in [0.05, 0.1) is 12.4 Å². The molecule has 3 rings (SSSR count). The van der Waals surface area contributed by atoms with Crippen molar-refractivity contribution in [2.24, 2.45) is 0 Å². The van der Waals surface area contributed by atoms with E-state index in [0.717, 1.165) is 22.2 Å². The number of hydrogen-bond donors (Lipinski definition) is 2. The van der Waals surface area contributed by atoms with Gasteiger partial charge in [-0.05, 0) is 63.3 Å². The number of thioether (sulfide) groups is 1. The molecule has 2 N–H and O–H groups in total. The first-order valence-corrected chi connectivity index (χ1v) is 11.2. The van der Waals surface area contributed by atoms with Crippen LogP contribution in [0, 0.1) is 0 Å². The fourth-order valence-corrected chi connectivity index (χ4v) is 4.87.